The Morgan fingerprint density at radius 1 is 1.48 bits per heavy atom. The number of aromatic nitrogens is 2. The lowest BCUT2D eigenvalue weighted by Gasteiger charge is -2.29. The van der Waals surface area contributed by atoms with Crippen LogP contribution in [0.5, 0.6) is 0 Å². The largest absolute Gasteiger partial charge is 0.370 e. The number of hydrogen-bond donors (Lipinski definition) is 0. The fourth-order valence-electron chi connectivity index (χ4n) is 3.05. The lowest BCUT2D eigenvalue weighted by molar-refractivity contribution is 0.270. The molecule has 0 aromatic carbocycles. The first kappa shape index (κ1) is 16.5. The molecule has 0 N–H and O–H groups in total. The zero-order valence-corrected chi connectivity index (χ0v) is 14.4. The van der Waals surface area contributed by atoms with E-state index < -0.39 is 0 Å². The standard InChI is InChI=1S/C16H27ClN4/c1-5-21-8-6-7-13(21)11-20(4)15-10-18-16(12(2)3)19-14(15)9-17/h10,12-13H,5-9,11H2,1-4H3. The second-order valence-electron chi connectivity index (χ2n) is 6.15. The van der Waals surface area contributed by atoms with Gasteiger partial charge in [-0.05, 0) is 25.9 Å². The van der Waals surface area contributed by atoms with E-state index in [1.54, 1.807) is 0 Å². The summed E-state index contributed by atoms with van der Waals surface area (Å²) in [5.74, 6) is 1.64. The van der Waals surface area contributed by atoms with Gasteiger partial charge in [0.25, 0.3) is 0 Å². The van der Waals surface area contributed by atoms with Crippen molar-refractivity contribution >= 4 is 17.3 Å². The van der Waals surface area contributed by atoms with Gasteiger partial charge in [-0.25, -0.2) is 9.97 Å². The van der Waals surface area contributed by atoms with Gasteiger partial charge in [0.15, 0.2) is 0 Å². The summed E-state index contributed by atoms with van der Waals surface area (Å²) in [6.45, 7) is 9.82. The van der Waals surface area contributed by atoms with Gasteiger partial charge in [0.1, 0.15) is 5.82 Å². The quantitative estimate of drug-likeness (QED) is 0.755. The SMILES string of the molecule is CCN1CCCC1CN(C)c1cnc(C(C)C)nc1CCl. The van der Waals surface area contributed by atoms with Gasteiger partial charge in [0, 0.05) is 25.6 Å². The van der Waals surface area contributed by atoms with Crippen molar-refractivity contribution in [1.82, 2.24) is 14.9 Å². The summed E-state index contributed by atoms with van der Waals surface area (Å²) in [6.07, 6.45) is 4.52. The van der Waals surface area contributed by atoms with Crippen molar-refractivity contribution in [2.24, 2.45) is 0 Å². The number of nitrogens with zero attached hydrogens (tertiary/aromatic N) is 4. The summed E-state index contributed by atoms with van der Waals surface area (Å²) in [4.78, 5) is 13.9. The maximum atomic E-state index is 6.10. The third kappa shape index (κ3) is 3.86. The van der Waals surface area contributed by atoms with E-state index in [1.165, 1.54) is 19.4 Å². The number of likely N-dealkylation sites (tertiary alicyclic amines) is 1. The van der Waals surface area contributed by atoms with E-state index >= 15 is 0 Å². The van der Waals surface area contributed by atoms with Crippen LogP contribution in [0.2, 0.25) is 0 Å². The minimum absolute atomic E-state index is 0.330. The number of alkyl halides is 1. The molecule has 0 spiro atoms. The molecule has 0 radical (unpaired) electrons. The topological polar surface area (TPSA) is 32.3 Å². The number of anilines is 1. The Morgan fingerprint density at radius 3 is 2.86 bits per heavy atom. The predicted octanol–water partition coefficient (Wildman–Crippen LogP) is 3.26. The Balaban J connectivity index is 2.13. The number of likely N-dealkylation sites (N-methyl/N-ethyl adjacent to an activating group) is 2. The van der Waals surface area contributed by atoms with Crippen LogP contribution in [0.15, 0.2) is 6.20 Å². The van der Waals surface area contributed by atoms with Crippen LogP contribution in [0.3, 0.4) is 0 Å². The molecule has 1 saturated heterocycles. The van der Waals surface area contributed by atoms with Crippen molar-refractivity contribution in [3.63, 3.8) is 0 Å². The minimum Gasteiger partial charge on any atom is -0.370 e. The van der Waals surface area contributed by atoms with E-state index in [0.717, 1.165) is 30.3 Å². The summed E-state index contributed by atoms with van der Waals surface area (Å²) >= 11 is 6.10. The normalized spacial score (nSPS) is 19.4. The van der Waals surface area contributed by atoms with Crippen LogP contribution in [0.4, 0.5) is 5.69 Å². The minimum atomic E-state index is 0.330. The van der Waals surface area contributed by atoms with E-state index in [1.807, 2.05) is 6.20 Å². The molecule has 1 aliphatic rings. The van der Waals surface area contributed by atoms with Crippen molar-refractivity contribution in [2.45, 2.75) is 51.5 Å². The third-order valence-corrected chi connectivity index (χ3v) is 4.56. The van der Waals surface area contributed by atoms with Crippen LogP contribution in [0.1, 0.15) is 51.0 Å². The van der Waals surface area contributed by atoms with Crippen LogP contribution in [0.25, 0.3) is 0 Å². The predicted molar refractivity (Wildman–Crippen MR) is 89.2 cm³/mol. The fourth-order valence-corrected chi connectivity index (χ4v) is 3.25. The average molecular weight is 311 g/mol. The fraction of sp³-hybridized carbons (Fsp3) is 0.750. The highest BCUT2D eigenvalue weighted by Gasteiger charge is 2.25. The highest BCUT2D eigenvalue weighted by atomic mass is 35.5. The lowest BCUT2D eigenvalue weighted by Crippen LogP contribution is -2.39. The Kier molecular flexibility index (Phi) is 5.82. The highest BCUT2D eigenvalue weighted by molar-refractivity contribution is 6.17. The molecule has 118 valence electrons. The van der Waals surface area contributed by atoms with E-state index in [2.05, 4.69) is 47.6 Å². The summed E-state index contributed by atoms with van der Waals surface area (Å²) in [7, 11) is 2.12. The van der Waals surface area contributed by atoms with Crippen LogP contribution < -0.4 is 4.90 Å². The molecule has 5 heteroatoms. The monoisotopic (exact) mass is 310 g/mol. The molecule has 1 atom stereocenters. The first-order valence-electron chi connectivity index (χ1n) is 7.93. The lowest BCUT2D eigenvalue weighted by atomic mass is 10.2. The molecule has 2 heterocycles. The molecule has 0 amide bonds. The van der Waals surface area contributed by atoms with Crippen molar-refractivity contribution in [3.8, 4) is 0 Å². The first-order valence-corrected chi connectivity index (χ1v) is 8.47. The summed E-state index contributed by atoms with van der Waals surface area (Å²) in [6, 6.07) is 0.632. The van der Waals surface area contributed by atoms with Gasteiger partial charge in [-0.1, -0.05) is 20.8 Å². The zero-order valence-electron chi connectivity index (χ0n) is 13.6. The number of hydrogen-bond acceptors (Lipinski definition) is 4. The Bertz CT molecular complexity index is 464. The number of rotatable bonds is 6. The average Bonchev–Trinajstić information content (AvgIpc) is 2.93. The van der Waals surface area contributed by atoms with Crippen molar-refractivity contribution in [1.29, 1.82) is 0 Å². The molecule has 2 rings (SSSR count). The van der Waals surface area contributed by atoms with Crippen LogP contribution in [-0.2, 0) is 5.88 Å². The van der Waals surface area contributed by atoms with Crippen molar-refractivity contribution in [3.05, 3.63) is 17.7 Å². The third-order valence-electron chi connectivity index (χ3n) is 4.31. The van der Waals surface area contributed by atoms with Gasteiger partial charge in [-0.15, -0.1) is 11.6 Å². The smallest absolute Gasteiger partial charge is 0.131 e. The van der Waals surface area contributed by atoms with E-state index in [4.69, 9.17) is 11.6 Å². The molecule has 1 unspecified atom stereocenters. The molecule has 0 aliphatic carbocycles. The molecule has 0 bridgehead atoms. The molecule has 0 saturated carbocycles. The maximum absolute atomic E-state index is 6.10. The summed E-state index contributed by atoms with van der Waals surface area (Å²) in [5, 5.41) is 0. The first-order chi connectivity index (χ1) is 10.1. The van der Waals surface area contributed by atoms with E-state index in [-0.39, 0.29) is 0 Å². The van der Waals surface area contributed by atoms with Crippen LogP contribution in [0, 0.1) is 0 Å². The van der Waals surface area contributed by atoms with Gasteiger partial charge in [-0.3, -0.25) is 4.90 Å². The highest BCUT2D eigenvalue weighted by Crippen LogP contribution is 2.24. The van der Waals surface area contributed by atoms with Gasteiger partial charge in [-0.2, -0.15) is 0 Å². The van der Waals surface area contributed by atoms with Gasteiger partial charge >= 0.3 is 0 Å². The second kappa shape index (κ2) is 7.41. The summed E-state index contributed by atoms with van der Waals surface area (Å²) in [5.41, 5.74) is 2.01. The van der Waals surface area contributed by atoms with Crippen molar-refractivity contribution < 1.29 is 0 Å². The Hall–Kier alpha value is -0.870. The van der Waals surface area contributed by atoms with E-state index in [9.17, 15) is 0 Å². The van der Waals surface area contributed by atoms with Crippen LogP contribution in [-0.4, -0.2) is 47.6 Å². The molecular weight excluding hydrogens is 284 g/mol. The molecular formula is C16H27ClN4. The summed E-state index contributed by atoms with van der Waals surface area (Å²) < 4.78 is 0. The molecule has 1 aliphatic heterocycles. The Labute approximate surface area is 133 Å². The van der Waals surface area contributed by atoms with Crippen molar-refractivity contribution in [2.75, 3.05) is 31.6 Å². The van der Waals surface area contributed by atoms with Gasteiger partial charge < -0.3 is 4.90 Å². The molecule has 4 nitrogen and oxygen atoms in total. The number of halogens is 1. The maximum Gasteiger partial charge on any atom is 0.131 e. The Morgan fingerprint density at radius 2 is 2.24 bits per heavy atom. The van der Waals surface area contributed by atoms with Gasteiger partial charge in [0.2, 0.25) is 0 Å². The zero-order chi connectivity index (χ0) is 15.4. The molecule has 1 aromatic heterocycles. The van der Waals surface area contributed by atoms with Crippen LogP contribution >= 0.6 is 11.6 Å². The molecule has 1 fully saturated rings. The molecule has 21 heavy (non-hydrogen) atoms. The molecule has 1 aromatic rings. The van der Waals surface area contributed by atoms with Gasteiger partial charge in [0.05, 0.1) is 23.5 Å². The second-order valence-corrected chi connectivity index (χ2v) is 6.42. The van der Waals surface area contributed by atoms with E-state index in [0.29, 0.717) is 17.8 Å².